The summed E-state index contributed by atoms with van der Waals surface area (Å²) in [7, 11) is 0. The van der Waals surface area contributed by atoms with Crippen molar-refractivity contribution in [2.75, 3.05) is 0 Å². The summed E-state index contributed by atoms with van der Waals surface area (Å²) in [6.07, 6.45) is 0. The van der Waals surface area contributed by atoms with Gasteiger partial charge >= 0.3 is 0 Å². The average Bonchev–Trinajstić information content (AvgIpc) is 1.73. The van der Waals surface area contributed by atoms with E-state index in [1.165, 1.54) is 27.7 Å². The normalized spacial score (nSPS) is 18.5. The summed E-state index contributed by atoms with van der Waals surface area (Å²) in [6.45, 7) is 5.37. The lowest BCUT2D eigenvalue weighted by Crippen LogP contribution is -2.52. The smallest absolute Gasteiger partial charge is 0.220 e. The molecule has 0 aromatic heterocycles. The van der Waals surface area contributed by atoms with Crippen LogP contribution >= 0.6 is 23.2 Å². The molecule has 2 amide bonds. The van der Waals surface area contributed by atoms with Crippen LogP contribution in [0, 0.1) is 0 Å². The topological polar surface area (TPSA) is 67.4 Å². The Morgan fingerprint density at radius 3 is 1.47 bits per heavy atom. The number of rotatable bonds is 4. The van der Waals surface area contributed by atoms with E-state index < -0.39 is 10.4 Å². The van der Waals surface area contributed by atoms with Gasteiger partial charge in [-0.25, -0.2) is 0 Å². The Labute approximate surface area is 98.4 Å². The maximum Gasteiger partial charge on any atom is 0.220 e. The molecule has 88 valence electrons. The monoisotopic (exact) mass is 256 g/mol. The molecule has 0 heterocycles. The molecule has 0 radical (unpaired) electrons. The summed E-state index contributed by atoms with van der Waals surface area (Å²) in [4.78, 5) is 21.5. The van der Waals surface area contributed by atoms with Crippen LogP contribution in [0.1, 0.15) is 27.7 Å². The quantitative estimate of drug-likeness (QED) is 0.450. The molecular formula is C8H14Cl2N2O3. The van der Waals surface area contributed by atoms with Crippen LogP contribution in [0.25, 0.3) is 0 Å². The second-order valence-corrected chi connectivity index (χ2v) is 4.74. The lowest BCUT2D eigenvalue weighted by Gasteiger charge is -2.32. The van der Waals surface area contributed by atoms with E-state index in [1.54, 1.807) is 0 Å². The molecule has 0 aliphatic rings. The van der Waals surface area contributed by atoms with Crippen LogP contribution in [0.4, 0.5) is 0 Å². The third-order valence-corrected chi connectivity index (χ3v) is 1.53. The summed E-state index contributed by atoms with van der Waals surface area (Å²) in [5.41, 5.74) is 0. The highest BCUT2D eigenvalue weighted by atomic mass is 35.5. The number of amides is 2. The number of carbonyl (C=O) groups is 2. The third-order valence-electron chi connectivity index (χ3n) is 1.18. The first-order valence-electron chi connectivity index (χ1n) is 4.19. The highest BCUT2D eigenvalue weighted by Crippen LogP contribution is 2.23. The van der Waals surface area contributed by atoms with Crippen LogP contribution in [-0.2, 0) is 14.3 Å². The van der Waals surface area contributed by atoms with Gasteiger partial charge < -0.3 is 15.4 Å². The molecule has 2 unspecified atom stereocenters. The number of ether oxygens (including phenoxy) is 1. The van der Waals surface area contributed by atoms with Gasteiger partial charge in [0, 0.05) is 13.8 Å². The molecule has 7 heteroatoms. The number of hydrogen-bond donors (Lipinski definition) is 2. The molecular weight excluding hydrogens is 243 g/mol. The van der Waals surface area contributed by atoms with Crippen LogP contribution in [0.2, 0.25) is 0 Å². The third kappa shape index (κ3) is 7.41. The summed E-state index contributed by atoms with van der Waals surface area (Å²) in [5, 5.41) is 1.67. The fraction of sp³-hybridized carbons (Fsp3) is 0.750. The van der Waals surface area contributed by atoms with Gasteiger partial charge in [-0.3, -0.25) is 9.59 Å². The summed E-state index contributed by atoms with van der Waals surface area (Å²) < 4.78 is 5.11. The summed E-state index contributed by atoms with van der Waals surface area (Å²) in [6, 6.07) is 0. The van der Waals surface area contributed by atoms with Crippen LogP contribution in [-0.4, -0.2) is 22.2 Å². The standard InChI is InChI=1S/C8H14Cl2N2O3/c1-5(13)11-7(3,9)15-8(4,10)12-6(2)14/h1-4H3,(H,11,13)(H,12,14). The zero-order valence-corrected chi connectivity index (χ0v) is 10.5. The van der Waals surface area contributed by atoms with Crippen molar-refractivity contribution >= 4 is 35.0 Å². The largest absolute Gasteiger partial charge is 0.316 e. The number of alkyl halides is 2. The maximum absolute atomic E-state index is 10.8. The number of halogens is 2. The van der Waals surface area contributed by atoms with Gasteiger partial charge in [0.1, 0.15) is 0 Å². The minimum absolute atomic E-state index is 0.372. The zero-order chi connectivity index (χ0) is 12.3. The van der Waals surface area contributed by atoms with Gasteiger partial charge in [-0.1, -0.05) is 23.2 Å². The van der Waals surface area contributed by atoms with E-state index in [2.05, 4.69) is 10.6 Å². The molecule has 0 bridgehead atoms. The Balaban J connectivity index is 4.42. The van der Waals surface area contributed by atoms with Crippen molar-refractivity contribution in [1.82, 2.24) is 10.6 Å². The van der Waals surface area contributed by atoms with Gasteiger partial charge in [0.25, 0.3) is 0 Å². The predicted octanol–water partition coefficient (Wildman–Crippen LogP) is 1.10. The van der Waals surface area contributed by atoms with Gasteiger partial charge in [-0.15, -0.1) is 0 Å². The van der Waals surface area contributed by atoms with Crippen molar-refractivity contribution in [3.8, 4) is 0 Å². The van der Waals surface area contributed by atoms with Gasteiger partial charge in [0.05, 0.1) is 0 Å². The molecule has 15 heavy (non-hydrogen) atoms. The van der Waals surface area contributed by atoms with E-state index in [-0.39, 0.29) is 11.8 Å². The number of carbonyl (C=O) groups excluding carboxylic acids is 2. The molecule has 2 N–H and O–H groups in total. The lowest BCUT2D eigenvalue weighted by molar-refractivity contribution is -0.137. The van der Waals surface area contributed by atoms with Crippen LogP contribution in [0.5, 0.6) is 0 Å². The van der Waals surface area contributed by atoms with Gasteiger partial charge in [0.2, 0.25) is 22.2 Å². The van der Waals surface area contributed by atoms with Crippen molar-refractivity contribution in [3.05, 3.63) is 0 Å². The molecule has 0 rings (SSSR count). The first-order chi connectivity index (χ1) is 6.54. The molecule has 0 aromatic carbocycles. The van der Waals surface area contributed by atoms with Gasteiger partial charge in [-0.2, -0.15) is 0 Å². The fourth-order valence-corrected chi connectivity index (χ4v) is 1.65. The Morgan fingerprint density at radius 2 is 1.27 bits per heavy atom. The Hall–Kier alpha value is -0.520. The first-order valence-corrected chi connectivity index (χ1v) is 4.95. The summed E-state index contributed by atoms with van der Waals surface area (Å²) >= 11 is 11.6. The van der Waals surface area contributed by atoms with Crippen molar-refractivity contribution in [2.24, 2.45) is 0 Å². The number of hydrogen-bond acceptors (Lipinski definition) is 3. The van der Waals surface area contributed by atoms with E-state index in [0.717, 1.165) is 0 Å². The molecule has 0 aliphatic heterocycles. The Morgan fingerprint density at radius 1 is 1.00 bits per heavy atom. The van der Waals surface area contributed by atoms with E-state index in [4.69, 9.17) is 27.9 Å². The van der Waals surface area contributed by atoms with Crippen LogP contribution in [0.15, 0.2) is 0 Å². The maximum atomic E-state index is 10.8. The van der Waals surface area contributed by atoms with E-state index in [0.29, 0.717) is 0 Å². The molecule has 0 spiro atoms. The minimum Gasteiger partial charge on any atom is -0.316 e. The molecule has 5 nitrogen and oxygen atoms in total. The zero-order valence-electron chi connectivity index (χ0n) is 8.98. The van der Waals surface area contributed by atoms with Crippen molar-refractivity contribution < 1.29 is 14.3 Å². The molecule has 0 fully saturated rings. The predicted molar refractivity (Wildman–Crippen MR) is 57.2 cm³/mol. The first kappa shape index (κ1) is 14.5. The van der Waals surface area contributed by atoms with E-state index >= 15 is 0 Å². The van der Waals surface area contributed by atoms with Crippen LogP contribution < -0.4 is 10.6 Å². The SMILES string of the molecule is CC(=O)NC(C)(Cl)OC(C)(Cl)NC(C)=O. The molecule has 0 aromatic rings. The second-order valence-electron chi connectivity index (χ2n) is 3.30. The molecule has 0 saturated heterocycles. The highest BCUT2D eigenvalue weighted by molar-refractivity contribution is 6.25. The van der Waals surface area contributed by atoms with Crippen molar-refractivity contribution in [2.45, 2.75) is 38.1 Å². The minimum atomic E-state index is -1.48. The highest BCUT2D eigenvalue weighted by Gasteiger charge is 2.34. The second kappa shape index (κ2) is 5.01. The lowest BCUT2D eigenvalue weighted by atomic mass is 10.5. The average molecular weight is 257 g/mol. The fourth-order valence-electron chi connectivity index (χ4n) is 1.04. The molecule has 2 atom stereocenters. The molecule has 0 saturated carbocycles. The van der Waals surface area contributed by atoms with Crippen molar-refractivity contribution in [1.29, 1.82) is 0 Å². The summed E-state index contributed by atoms with van der Waals surface area (Å²) in [5.74, 6) is -0.745. The van der Waals surface area contributed by atoms with Crippen LogP contribution in [0.3, 0.4) is 0 Å². The Bertz CT molecular complexity index is 241. The molecule has 0 aliphatic carbocycles. The van der Waals surface area contributed by atoms with Gasteiger partial charge in [0.15, 0.2) is 0 Å². The van der Waals surface area contributed by atoms with E-state index in [9.17, 15) is 9.59 Å². The van der Waals surface area contributed by atoms with Gasteiger partial charge in [-0.05, 0) is 13.8 Å². The Kier molecular flexibility index (Phi) is 4.83. The number of nitrogens with one attached hydrogen (secondary N) is 2. The van der Waals surface area contributed by atoms with Crippen molar-refractivity contribution in [3.63, 3.8) is 0 Å². The van der Waals surface area contributed by atoms with E-state index in [1.807, 2.05) is 0 Å².